The van der Waals surface area contributed by atoms with E-state index in [2.05, 4.69) is 5.10 Å². The highest BCUT2D eigenvalue weighted by Crippen LogP contribution is 2.21. The smallest absolute Gasteiger partial charge is 0.233 e. The molecule has 1 heterocycles. The Morgan fingerprint density at radius 1 is 1.44 bits per heavy atom. The molecule has 2 rings (SSSR count). The van der Waals surface area contributed by atoms with Crippen molar-refractivity contribution in [3.63, 3.8) is 0 Å². The fourth-order valence-electron chi connectivity index (χ4n) is 1.56. The lowest BCUT2D eigenvalue weighted by Crippen LogP contribution is -2.11. The Kier molecular flexibility index (Phi) is 3.84. The van der Waals surface area contributed by atoms with Crippen LogP contribution in [0.3, 0.4) is 0 Å². The molecule has 1 aromatic carbocycles. The van der Waals surface area contributed by atoms with Crippen molar-refractivity contribution in [2.75, 3.05) is 13.2 Å². The number of ether oxygens (including phenoxy) is 1. The Morgan fingerprint density at radius 2 is 2.22 bits per heavy atom. The number of rotatable bonds is 4. The number of nitrogens with two attached hydrogens (primary N) is 1. The molecule has 6 heteroatoms. The molecule has 96 valence electrons. The van der Waals surface area contributed by atoms with Crippen molar-refractivity contribution in [3.05, 3.63) is 40.8 Å². The number of halogens is 2. The SMILES string of the molecule is Cc1cc(OCCN)nn1-c1ccc(F)c(Cl)c1. The molecule has 1 aromatic heterocycles. The van der Waals surface area contributed by atoms with E-state index in [0.717, 1.165) is 5.69 Å². The van der Waals surface area contributed by atoms with Crippen LogP contribution in [0.1, 0.15) is 5.69 Å². The van der Waals surface area contributed by atoms with E-state index in [1.807, 2.05) is 6.92 Å². The highest BCUT2D eigenvalue weighted by atomic mass is 35.5. The molecule has 0 atom stereocenters. The highest BCUT2D eigenvalue weighted by molar-refractivity contribution is 6.30. The molecule has 0 spiro atoms. The lowest BCUT2D eigenvalue weighted by atomic mass is 10.3. The van der Waals surface area contributed by atoms with E-state index >= 15 is 0 Å². The summed E-state index contributed by atoms with van der Waals surface area (Å²) in [6.07, 6.45) is 0. The summed E-state index contributed by atoms with van der Waals surface area (Å²) in [7, 11) is 0. The van der Waals surface area contributed by atoms with Crippen LogP contribution in [0.5, 0.6) is 5.88 Å². The summed E-state index contributed by atoms with van der Waals surface area (Å²) >= 11 is 5.74. The minimum atomic E-state index is -0.454. The molecule has 0 aliphatic rings. The normalized spacial score (nSPS) is 10.7. The van der Waals surface area contributed by atoms with Crippen LogP contribution in [0, 0.1) is 12.7 Å². The average Bonchev–Trinajstić information content (AvgIpc) is 2.71. The van der Waals surface area contributed by atoms with E-state index < -0.39 is 5.82 Å². The molecule has 2 aromatic rings. The van der Waals surface area contributed by atoms with Gasteiger partial charge in [-0.2, -0.15) is 0 Å². The minimum Gasteiger partial charge on any atom is -0.475 e. The average molecular weight is 270 g/mol. The zero-order chi connectivity index (χ0) is 13.1. The Bertz CT molecular complexity index is 556. The summed E-state index contributed by atoms with van der Waals surface area (Å²) in [5.74, 6) is 0.0308. The third-order valence-corrected chi connectivity index (χ3v) is 2.67. The second-order valence-electron chi connectivity index (χ2n) is 3.77. The first-order valence-electron chi connectivity index (χ1n) is 5.47. The maximum Gasteiger partial charge on any atom is 0.233 e. The molecule has 0 saturated carbocycles. The summed E-state index contributed by atoms with van der Waals surface area (Å²) in [6, 6.07) is 6.21. The van der Waals surface area contributed by atoms with Crippen LogP contribution in [-0.2, 0) is 0 Å². The Hall–Kier alpha value is -1.59. The summed E-state index contributed by atoms with van der Waals surface area (Å²) in [4.78, 5) is 0. The summed E-state index contributed by atoms with van der Waals surface area (Å²) in [5, 5.41) is 4.31. The van der Waals surface area contributed by atoms with E-state index in [0.29, 0.717) is 24.7 Å². The van der Waals surface area contributed by atoms with Crippen LogP contribution in [0.25, 0.3) is 5.69 Å². The quantitative estimate of drug-likeness (QED) is 0.927. The molecule has 0 unspecified atom stereocenters. The number of aryl methyl sites for hydroxylation is 1. The number of benzene rings is 1. The topological polar surface area (TPSA) is 53.1 Å². The number of hydrogen-bond acceptors (Lipinski definition) is 3. The van der Waals surface area contributed by atoms with Crippen molar-refractivity contribution in [1.82, 2.24) is 9.78 Å². The van der Waals surface area contributed by atoms with Gasteiger partial charge >= 0.3 is 0 Å². The first kappa shape index (κ1) is 12.9. The Balaban J connectivity index is 2.32. The number of aromatic nitrogens is 2. The standard InChI is InChI=1S/C12H13ClFN3O/c1-8-6-12(18-5-4-15)16-17(8)9-2-3-11(14)10(13)7-9/h2-3,6-7H,4-5,15H2,1H3. The molecule has 0 fully saturated rings. The third-order valence-electron chi connectivity index (χ3n) is 2.38. The second-order valence-corrected chi connectivity index (χ2v) is 4.18. The lowest BCUT2D eigenvalue weighted by Gasteiger charge is -2.04. The monoisotopic (exact) mass is 269 g/mol. The van der Waals surface area contributed by atoms with Crippen molar-refractivity contribution >= 4 is 11.6 Å². The Labute approximate surface area is 109 Å². The molecule has 0 radical (unpaired) electrons. The molecule has 0 amide bonds. The zero-order valence-electron chi connectivity index (χ0n) is 9.86. The van der Waals surface area contributed by atoms with Crippen molar-refractivity contribution in [1.29, 1.82) is 0 Å². The predicted octanol–water partition coefficient (Wildman–Crippen LogP) is 2.31. The van der Waals surface area contributed by atoms with Crippen molar-refractivity contribution in [2.24, 2.45) is 5.73 Å². The van der Waals surface area contributed by atoms with Crippen molar-refractivity contribution in [2.45, 2.75) is 6.92 Å². The van der Waals surface area contributed by atoms with Gasteiger partial charge in [0, 0.05) is 18.3 Å². The maximum absolute atomic E-state index is 13.1. The molecule has 0 aliphatic heterocycles. The van der Waals surface area contributed by atoms with Gasteiger partial charge in [-0.3, -0.25) is 0 Å². The van der Waals surface area contributed by atoms with Gasteiger partial charge in [-0.25, -0.2) is 9.07 Å². The van der Waals surface area contributed by atoms with Crippen LogP contribution in [0.2, 0.25) is 5.02 Å². The van der Waals surface area contributed by atoms with E-state index in [1.165, 1.54) is 12.1 Å². The molecule has 0 saturated heterocycles. The lowest BCUT2D eigenvalue weighted by molar-refractivity contribution is 0.313. The summed E-state index contributed by atoms with van der Waals surface area (Å²) in [5.41, 5.74) is 6.90. The van der Waals surface area contributed by atoms with Gasteiger partial charge in [0.2, 0.25) is 5.88 Å². The van der Waals surface area contributed by atoms with Crippen molar-refractivity contribution in [3.8, 4) is 11.6 Å². The molecule has 18 heavy (non-hydrogen) atoms. The molecular weight excluding hydrogens is 257 g/mol. The first-order chi connectivity index (χ1) is 8.61. The van der Waals surface area contributed by atoms with E-state index in [4.69, 9.17) is 22.1 Å². The van der Waals surface area contributed by atoms with E-state index in [-0.39, 0.29) is 5.02 Å². The zero-order valence-corrected chi connectivity index (χ0v) is 10.6. The second kappa shape index (κ2) is 5.37. The van der Waals surface area contributed by atoms with Gasteiger partial charge in [0.05, 0.1) is 10.7 Å². The number of nitrogens with zero attached hydrogens (tertiary/aromatic N) is 2. The van der Waals surface area contributed by atoms with E-state index in [1.54, 1.807) is 16.8 Å². The van der Waals surface area contributed by atoms with Gasteiger partial charge in [-0.05, 0) is 25.1 Å². The third kappa shape index (κ3) is 2.63. The first-order valence-corrected chi connectivity index (χ1v) is 5.84. The van der Waals surface area contributed by atoms with Crippen LogP contribution >= 0.6 is 11.6 Å². The van der Waals surface area contributed by atoms with Crippen molar-refractivity contribution < 1.29 is 9.13 Å². The van der Waals surface area contributed by atoms with E-state index in [9.17, 15) is 4.39 Å². The van der Waals surface area contributed by atoms with Gasteiger partial charge in [-0.1, -0.05) is 11.6 Å². The van der Waals surface area contributed by atoms with Gasteiger partial charge < -0.3 is 10.5 Å². The molecule has 4 nitrogen and oxygen atoms in total. The fourth-order valence-corrected chi connectivity index (χ4v) is 1.73. The minimum absolute atomic E-state index is 0.0619. The van der Waals surface area contributed by atoms with Gasteiger partial charge in [0.1, 0.15) is 12.4 Å². The van der Waals surface area contributed by atoms with Crippen LogP contribution < -0.4 is 10.5 Å². The maximum atomic E-state index is 13.1. The van der Waals surface area contributed by atoms with Gasteiger partial charge in [-0.15, -0.1) is 5.10 Å². The molecule has 0 bridgehead atoms. The Morgan fingerprint density at radius 3 is 2.89 bits per heavy atom. The molecule has 2 N–H and O–H groups in total. The largest absolute Gasteiger partial charge is 0.475 e. The van der Waals surface area contributed by atoms with Gasteiger partial charge in [0.15, 0.2) is 0 Å². The molecule has 0 aliphatic carbocycles. The van der Waals surface area contributed by atoms with Crippen LogP contribution in [-0.4, -0.2) is 22.9 Å². The van der Waals surface area contributed by atoms with Gasteiger partial charge in [0.25, 0.3) is 0 Å². The highest BCUT2D eigenvalue weighted by Gasteiger charge is 2.09. The van der Waals surface area contributed by atoms with Crippen LogP contribution in [0.15, 0.2) is 24.3 Å². The molecular formula is C12H13ClFN3O. The summed E-state index contributed by atoms with van der Waals surface area (Å²) < 4.78 is 20.1. The van der Waals surface area contributed by atoms with Crippen LogP contribution in [0.4, 0.5) is 4.39 Å². The summed E-state index contributed by atoms with van der Waals surface area (Å²) in [6.45, 7) is 2.70. The predicted molar refractivity (Wildman–Crippen MR) is 67.8 cm³/mol. The fraction of sp³-hybridized carbons (Fsp3) is 0.250. The number of hydrogen-bond donors (Lipinski definition) is 1.